The summed E-state index contributed by atoms with van der Waals surface area (Å²) in [6.45, 7) is 3.51. The molecule has 1 aliphatic heterocycles. The molecule has 2 heteroatoms. The molecule has 1 unspecified atom stereocenters. The second-order valence-corrected chi connectivity index (χ2v) is 5.21. The van der Waals surface area contributed by atoms with E-state index in [2.05, 4.69) is 41.0 Å². The van der Waals surface area contributed by atoms with Crippen LogP contribution in [0.4, 0.5) is 0 Å². The van der Waals surface area contributed by atoms with Crippen molar-refractivity contribution in [2.24, 2.45) is 11.8 Å². The molecule has 0 amide bonds. The fraction of sp³-hybridized carbons (Fsp3) is 0.571. The van der Waals surface area contributed by atoms with Crippen molar-refractivity contribution < 1.29 is 0 Å². The van der Waals surface area contributed by atoms with Gasteiger partial charge in [0.1, 0.15) is 0 Å². The van der Waals surface area contributed by atoms with Crippen molar-refractivity contribution in [1.29, 1.82) is 0 Å². The Labute approximate surface area is 97.4 Å². The molecule has 0 spiro atoms. The van der Waals surface area contributed by atoms with Gasteiger partial charge in [-0.25, -0.2) is 0 Å². The first-order valence-corrected chi connectivity index (χ1v) is 6.40. The van der Waals surface area contributed by atoms with E-state index >= 15 is 0 Å². The Bertz CT molecular complexity index is 324. The number of hydrogen-bond donors (Lipinski definition) is 2. The maximum atomic E-state index is 3.70. The summed E-state index contributed by atoms with van der Waals surface area (Å²) in [5.74, 6) is 1.88. The maximum Gasteiger partial charge on any atom is 0.0208 e. The number of benzene rings is 1. The van der Waals surface area contributed by atoms with Gasteiger partial charge in [0.15, 0.2) is 0 Å². The highest BCUT2D eigenvalue weighted by atomic mass is 15.0. The van der Waals surface area contributed by atoms with Crippen LogP contribution in [-0.4, -0.2) is 19.1 Å². The number of nitrogens with one attached hydrogen (secondary N) is 2. The quantitative estimate of drug-likeness (QED) is 0.804. The van der Waals surface area contributed by atoms with Gasteiger partial charge in [-0.05, 0) is 43.3 Å². The third kappa shape index (κ3) is 2.13. The standard InChI is InChI=1S/C14H20N2/c1-2-4-11(5-3-1)8-16-14-6-12-9-15-10-13(12)7-14/h1-5,12-16H,6-10H2/t12-,13+,14?. The lowest BCUT2D eigenvalue weighted by atomic mass is 10.0. The van der Waals surface area contributed by atoms with E-state index in [9.17, 15) is 0 Å². The fourth-order valence-electron chi connectivity index (χ4n) is 3.19. The van der Waals surface area contributed by atoms with E-state index in [1.165, 1.54) is 31.5 Å². The van der Waals surface area contributed by atoms with Crippen molar-refractivity contribution in [1.82, 2.24) is 10.6 Å². The highest BCUT2D eigenvalue weighted by Crippen LogP contribution is 2.34. The van der Waals surface area contributed by atoms with Crippen LogP contribution in [-0.2, 0) is 6.54 Å². The van der Waals surface area contributed by atoms with Gasteiger partial charge in [0.05, 0.1) is 0 Å². The van der Waals surface area contributed by atoms with Crippen LogP contribution in [0.25, 0.3) is 0 Å². The van der Waals surface area contributed by atoms with E-state index in [4.69, 9.17) is 0 Å². The molecule has 86 valence electrons. The van der Waals surface area contributed by atoms with Crippen molar-refractivity contribution >= 4 is 0 Å². The molecule has 0 radical (unpaired) electrons. The summed E-state index contributed by atoms with van der Waals surface area (Å²) in [6.07, 6.45) is 2.73. The second kappa shape index (κ2) is 4.56. The first-order valence-electron chi connectivity index (χ1n) is 6.40. The van der Waals surface area contributed by atoms with Crippen LogP contribution in [0.2, 0.25) is 0 Å². The average molecular weight is 216 g/mol. The minimum atomic E-state index is 0.748. The van der Waals surface area contributed by atoms with Gasteiger partial charge >= 0.3 is 0 Å². The van der Waals surface area contributed by atoms with E-state index in [-0.39, 0.29) is 0 Å². The zero-order valence-corrected chi connectivity index (χ0v) is 9.65. The molecule has 16 heavy (non-hydrogen) atoms. The summed E-state index contributed by atoms with van der Waals surface area (Å²) in [4.78, 5) is 0. The minimum absolute atomic E-state index is 0.748. The van der Waals surface area contributed by atoms with Gasteiger partial charge < -0.3 is 10.6 Å². The van der Waals surface area contributed by atoms with Crippen LogP contribution in [0.3, 0.4) is 0 Å². The Morgan fingerprint density at radius 2 is 1.75 bits per heavy atom. The highest BCUT2D eigenvalue weighted by molar-refractivity contribution is 5.14. The predicted molar refractivity (Wildman–Crippen MR) is 66.2 cm³/mol. The molecule has 2 nitrogen and oxygen atoms in total. The lowest BCUT2D eigenvalue weighted by Crippen LogP contribution is -2.28. The fourth-order valence-corrected chi connectivity index (χ4v) is 3.19. The number of rotatable bonds is 3. The van der Waals surface area contributed by atoms with Gasteiger partial charge in [-0.15, -0.1) is 0 Å². The van der Waals surface area contributed by atoms with Gasteiger partial charge in [-0.2, -0.15) is 0 Å². The molecule has 1 aromatic carbocycles. The molecular formula is C14H20N2. The molecule has 1 heterocycles. The zero-order chi connectivity index (χ0) is 10.8. The highest BCUT2D eigenvalue weighted by Gasteiger charge is 2.36. The molecule has 1 aliphatic carbocycles. The van der Waals surface area contributed by atoms with Crippen LogP contribution < -0.4 is 10.6 Å². The van der Waals surface area contributed by atoms with E-state index < -0.39 is 0 Å². The van der Waals surface area contributed by atoms with Crippen molar-refractivity contribution in [3.05, 3.63) is 35.9 Å². The van der Waals surface area contributed by atoms with E-state index in [0.29, 0.717) is 0 Å². The summed E-state index contributed by atoms with van der Waals surface area (Å²) in [5, 5.41) is 7.19. The van der Waals surface area contributed by atoms with Gasteiger partial charge in [-0.1, -0.05) is 30.3 Å². The molecule has 3 rings (SSSR count). The van der Waals surface area contributed by atoms with Crippen LogP contribution >= 0.6 is 0 Å². The molecule has 1 aromatic rings. The van der Waals surface area contributed by atoms with Crippen molar-refractivity contribution in [3.63, 3.8) is 0 Å². The van der Waals surface area contributed by atoms with E-state index in [0.717, 1.165) is 24.4 Å². The topological polar surface area (TPSA) is 24.1 Å². The monoisotopic (exact) mass is 216 g/mol. The molecule has 1 saturated heterocycles. The number of fused-ring (bicyclic) bond motifs is 1. The Morgan fingerprint density at radius 1 is 1.06 bits per heavy atom. The molecule has 1 saturated carbocycles. The average Bonchev–Trinajstić information content (AvgIpc) is 2.88. The summed E-state index contributed by atoms with van der Waals surface area (Å²) >= 11 is 0. The lowest BCUT2D eigenvalue weighted by molar-refractivity contribution is 0.485. The van der Waals surface area contributed by atoms with Gasteiger partial charge in [-0.3, -0.25) is 0 Å². The van der Waals surface area contributed by atoms with Crippen LogP contribution in [0.15, 0.2) is 30.3 Å². The molecule has 0 aromatic heterocycles. The van der Waals surface area contributed by atoms with Crippen LogP contribution in [0, 0.1) is 11.8 Å². The normalized spacial score (nSPS) is 32.9. The number of hydrogen-bond acceptors (Lipinski definition) is 2. The SMILES string of the molecule is c1ccc(CNC2C[C@H]3CNC[C@H]3C2)cc1. The Hall–Kier alpha value is -0.860. The van der Waals surface area contributed by atoms with Gasteiger partial charge in [0.25, 0.3) is 0 Å². The van der Waals surface area contributed by atoms with E-state index in [1.54, 1.807) is 0 Å². The van der Waals surface area contributed by atoms with Crippen molar-refractivity contribution in [2.75, 3.05) is 13.1 Å². The van der Waals surface area contributed by atoms with Gasteiger partial charge in [0, 0.05) is 12.6 Å². The summed E-state index contributed by atoms with van der Waals surface area (Å²) in [6, 6.07) is 11.5. The molecular weight excluding hydrogens is 196 g/mol. The third-order valence-corrected chi connectivity index (χ3v) is 4.09. The Kier molecular flexibility index (Phi) is 2.94. The summed E-state index contributed by atoms with van der Waals surface area (Å²) in [5.41, 5.74) is 1.40. The summed E-state index contributed by atoms with van der Waals surface area (Å²) in [7, 11) is 0. The first-order chi connectivity index (χ1) is 7.92. The smallest absolute Gasteiger partial charge is 0.0208 e. The first kappa shape index (κ1) is 10.3. The maximum absolute atomic E-state index is 3.70. The molecule has 0 bridgehead atoms. The summed E-state index contributed by atoms with van der Waals surface area (Å²) < 4.78 is 0. The Balaban J connectivity index is 1.50. The lowest BCUT2D eigenvalue weighted by Gasteiger charge is -2.13. The zero-order valence-electron chi connectivity index (χ0n) is 9.65. The van der Waals surface area contributed by atoms with Gasteiger partial charge in [0.2, 0.25) is 0 Å². The minimum Gasteiger partial charge on any atom is -0.316 e. The molecule has 2 N–H and O–H groups in total. The van der Waals surface area contributed by atoms with Crippen LogP contribution in [0.5, 0.6) is 0 Å². The molecule has 2 fully saturated rings. The second-order valence-electron chi connectivity index (χ2n) is 5.21. The van der Waals surface area contributed by atoms with Crippen LogP contribution in [0.1, 0.15) is 18.4 Å². The molecule has 3 atom stereocenters. The molecule has 2 aliphatic rings. The predicted octanol–water partition coefficient (Wildman–Crippen LogP) is 1.77. The largest absolute Gasteiger partial charge is 0.316 e. The van der Waals surface area contributed by atoms with Crippen molar-refractivity contribution in [2.45, 2.75) is 25.4 Å². The Morgan fingerprint density at radius 3 is 2.44 bits per heavy atom. The third-order valence-electron chi connectivity index (χ3n) is 4.09. The van der Waals surface area contributed by atoms with E-state index in [1.807, 2.05) is 0 Å². The van der Waals surface area contributed by atoms with Crippen molar-refractivity contribution in [3.8, 4) is 0 Å².